The molecule has 0 bridgehead atoms. The van der Waals surface area contributed by atoms with Crippen molar-refractivity contribution >= 4 is 22.3 Å². The van der Waals surface area contributed by atoms with Gasteiger partial charge >= 0.3 is 0 Å². The van der Waals surface area contributed by atoms with Crippen molar-refractivity contribution in [3.05, 3.63) is 63.7 Å². The van der Waals surface area contributed by atoms with E-state index in [4.69, 9.17) is 0 Å². The van der Waals surface area contributed by atoms with Gasteiger partial charge in [-0.15, -0.1) is 0 Å². The molecule has 25 heavy (non-hydrogen) atoms. The second-order valence-electron chi connectivity index (χ2n) is 6.34. The Morgan fingerprint density at radius 3 is 2.08 bits per heavy atom. The molecule has 4 rings (SSSR count). The van der Waals surface area contributed by atoms with E-state index in [-0.39, 0.29) is 44.9 Å². The maximum Gasteiger partial charge on any atom is 0.198 e. The summed E-state index contributed by atoms with van der Waals surface area (Å²) >= 11 is 0. The van der Waals surface area contributed by atoms with Gasteiger partial charge in [0.2, 0.25) is 0 Å². The van der Waals surface area contributed by atoms with Gasteiger partial charge in [0.25, 0.3) is 0 Å². The molecule has 0 amide bonds. The van der Waals surface area contributed by atoms with Crippen molar-refractivity contribution in [2.45, 2.75) is 13.8 Å². The van der Waals surface area contributed by atoms with Gasteiger partial charge in [0, 0.05) is 21.9 Å². The minimum absolute atomic E-state index is 0.0254. The summed E-state index contributed by atoms with van der Waals surface area (Å²) in [5.74, 6) is -1.75. The lowest BCUT2D eigenvalue weighted by Gasteiger charge is -2.21. The average Bonchev–Trinajstić information content (AvgIpc) is 2.55. The number of aryl methyl sites for hydroxylation is 2. The maximum atomic E-state index is 12.9. The molecule has 5 nitrogen and oxygen atoms in total. The summed E-state index contributed by atoms with van der Waals surface area (Å²) in [6.45, 7) is 3.40. The number of hydrogen-bond donors (Lipinski definition) is 3. The highest BCUT2D eigenvalue weighted by Crippen LogP contribution is 2.43. The smallest absolute Gasteiger partial charge is 0.198 e. The summed E-state index contributed by atoms with van der Waals surface area (Å²) in [7, 11) is 0. The van der Waals surface area contributed by atoms with Crippen LogP contribution < -0.4 is 0 Å². The van der Waals surface area contributed by atoms with E-state index in [2.05, 4.69) is 0 Å². The van der Waals surface area contributed by atoms with Crippen LogP contribution in [0, 0.1) is 13.8 Å². The number of carbonyl (C=O) groups excluding carboxylic acids is 2. The molecule has 0 fully saturated rings. The first-order valence-corrected chi connectivity index (χ1v) is 7.72. The van der Waals surface area contributed by atoms with Crippen molar-refractivity contribution in [3.63, 3.8) is 0 Å². The summed E-state index contributed by atoms with van der Waals surface area (Å²) in [5.41, 5.74) is 1.09. The van der Waals surface area contributed by atoms with Gasteiger partial charge in [-0.3, -0.25) is 9.59 Å². The highest BCUT2D eigenvalue weighted by atomic mass is 16.3. The summed E-state index contributed by atoms with van der Waals surface area (Å²) in [4.78, 5) is 25.8. The van der Waals surface area contributed by atoms with Crippen LogP contribution >= 0.6 is 0 Å². The molecule has 0 radical (unpaired) electrons. The van der Waals surface area contributed by atoms with Crippen molar-refractivity contribution in [1.82, 2.24) is 0 Å². The van der Waals surface area contributed by atoms with Gasteiger partial charge in [-0.05, 0) is 43.2 Å². The highest BCUT2D eigenvalue weighted by Gasteiger charge is 2.35. The number of fused-ring (bicyclic) bond motifs is 3. The second-order valence-corrected chi connectivity index (χ2v) is 6.34. The molecule has 0 aromatic heterocycles. The Kier molecular flexibility index (Phi) is 2.94. The molecule has 0 saturated heterocycles. The summed E-state index contributed by atoms with van der Waals surface area (Å²) < 4.78 is 0. The van der Waals surface area contributed by atoms with Gasteiger partial charge in [0.1, 0.15) is 17.2 Å². The molecule has 0 atom stereocenters. The van der Waals surface area contributed by atoms with Crippen molar-refractivity contribution in [2.24, 2.45) is 0 Å². The molecule has 0 spiro atoms. The normalized spacial score (nSPS) is 13.0. The van der Waals surface area contributed by atoms with Crippen molar-refractivity contribution in [2.75, 3.05) is 0 Å². The molecule has 3 aromatic carbocycles. The van der Waals surface area contributed by atoms with Crippen LogP contribution in [0.4, 0.5) is 0 Å². The van der Waals surface area contributed by atoms with Crippen molar-refractivity contribution in [1.29, 1.82) is 0 Å². The monoisotopic (exact) mass is 334 g/mol. The molecule has 5 heteroatoms. The van der Waals surface area contributed by atoms with E-state index in [9.17, 15) is 24.9 Å². The SMILES string of the molecule is Cc1cc(O)c2c(c1)C(=O)c1c(cc3c(O)c(C)ccc3c1O)C2=O. The summed E-state index contributed by atoms with van der Waals surface area (Å²) in [5, 5.41) is 31.6. The molecule has 0 heterocycles. The van der Waals surface area contributed by atoms with Gasteiger partial charge in [-0.1, -0.05) is 12.1 Å². The Balaban J connectivity index is 2.14. The Labute approximate surface area is 142 Å². The fourth-order valence-corrected chi connectivity index (χ4v) is 3.41. The van der Waals surface area contributed by atoms with Crippen LogP contribution in [-0.2, 0) is 0 Å². The molecule has 124 valence electrons. The summed E-state index contributed by atoms with van der Waals surface area (Å²) in [6.07, 6.45) is 0. The average molecular weight is 334 g/mol. The fourth-order valence-electron chi connectivity index (χ4n) is 3.41. The molecule has 0 aliphatic heterocycles. The lowest BCUT2D eigenvalue weighted by atomic mass is 9.81. The van der Waals surface area contributed by atoms with Crippen LogP contribution in [0.25, 0.3) is 10.8 Å². The molecule has 3 aromatic rings. The van der Waals surface area contributed by atoms with E-state index in [0.29, 0.717) is 16.5 Å². The van der Waals surface area contributed by atoms with E-state index in [1.165, 1.54) is 18.2 Å². The largest absolute Gasteiger partial charge is 0.507 e. The summed E-state index contributed by atoms with van der Waals surface area (Å²) in [6, 6.07) is 7.56. The number of rotatable bonds is 0. The van der Waals surface area contributed by atoms with Crippen LogP contribution in [0.1, 0.15) is 43.0 Å². The number of benzene rings is 3. The van der Waals surface area contributed by atoms with E-state index in [0.717, 1.165) is 0 Å². The van der Waals surface area contributed by atoms with Crippen LogP contribution in [0.3, 0.4) is 0 Å². The minimum Gasteiger partial charge on any atom is -0.507 e. The number of hydrogen-bond acceptors (Lipinski definition) is 5. The van der Waals surface area contributed by atoms with Gasteiger partial charge < -0.3 is 15.3 Å². The first-order chi connectivity index (χ1) is 11.8. The third-order valence-electron chi connectivity index (χ3n) is 4.67. The van der Waals surface area contributed by atoms with E-state index < -0.39 is 11.6 Å². The molecular weight excluding hydrogens is 320 g/mol. The van der Waals surface area contributed by atoms with Gasteiger partial charge in [-0.2, -0.15) is 0 Å². The topological polar surface area (TPSA) is 94.8 Å². The molecule has 0 unspecified atom stereocenters. The number of carbonyl (C=O) groups is 2. The first kappa shape index (κ1) is 15.2. The number of ketones is 2. The van der Waals surface area contributed by atoms with Crippen LogP contribution in [0.5, 0.6) is 17.2 Å². The second kappa shape index (κ2) is 4.83. The predicted octanol–water partition coefficient (Wildman–Crippen LogP) is 3.35. The number of phenols is 3. The van der Waals surface area contributed by atoms with Gasteiger partial charge in [0.05, 0.1) is 11.1 Å². The molecule has 0 saturated carbocycles. The first-order valence-electron chi connectivity index (χ1n) is 7.72. The lowest BCUT2D eigenvalue weighted by molar-refractivity contribution is 0.0974. The van der Waals surface area contributed by atoms with Crippen LogP contribution in [0.2, 0.25) is 0 Å². The zero-order valence-electron chi connectivity index (χ0n) is 13.5. The third kappa shape index (κ3) is 1.89. The Bertz CT molecular complexity index is 1130. The lowest BCUT2D eigenvalue weighted by Crippen LogP contribution is -2.21. The maximum absolute atomic E-state index is 12.9. The number of phenolic OH excluding ortho intramolecular Hbond substituents is 3. The highest BCUT2D eigenvalue weighted by molar-refractivity contribution is 6.32. The van der Waals surface area contributed by atoms with E-state index >= 15 is 0 Å². The zero-order chi connectivity index (χ0) is 18.0. The Morgan fingerprint density at radius 1 is 0.720 bits per heavy atom. The van der Waals surface area contributed by atoms with E-state index in [1.54, 1.807) is 26.0 Å². The minimum atomic E-state index is -0.555. The van der Waals surface area contributed by atoms with Crippen LogP contribution in [-0.4, -0.2) is 26.9 Å². The van der Waals surface area contributed by atoms with Gasteiger partial charge in [0.15, 0.2) is 11.6 Å². The van der Waals surface area contributed by atoms with Crippen LogP contribution in [0.15, 0.2) is 30.3 Å². The van der Waals surface area contributed by atoms with Gasteiger partial charge in [-0.25, -0.2) is 0 Å². The molecule has 1 aliphatic rings. The Hall–Kier alpha value is -3.34. The molecular formula is C20H14O5. The molecule has 3 N–H and O–H groups in total. The zero-order valence-corrected chi connectivity index (χ0v) is 13.5. The standard InChI is InChI=1S/C20H14O5/c1-8-5-12-15(14(21)6-8)19(24)13-7-11-10(4-3-9(2)17(11)22)18(23)16(13)20(12)25/h3-7,21-23H,1-2H3. The molecule has 1 aliphatic carbocycles. The number of aromatic hydroxyl groups is 3. The third-order valence-corrected chi connectivity index (χ3v) is 4.67. The van der Waals surface area contributed by atoms with Crippen molar-refractivity contribution < 1.29 is 24.9 Å². The fraction of sp³-hybridized carbons (Fsp3) is 0.100. The van der Waals surface area contributed by atoms with E-state index in [1.807, 2.05) is 0 Å². The quantitative estimate of drug-likeness (QED) is 0.458. The predicted molar refractivity (Wildman–Crippen MR) is 91.7 cm³/mol. The Morgan fingerprint density at radius 2 is 1.36 bits per heavy atom. The van der Waals surface area contributed by atoms with Crippen molar-refractivity contribution in [3.8, 4) is 17.2 Å².